The Morgan fingerprint density at radius 3 is 2.70 bits per heavy atom. The second-order valence-corrected chi connectivity index (χ2v) is 9.11. The molecule has 1 atom stereocenters. The lowest BCUT2D eigenvalue weighted by Crippen LogP contribution is -2.36. The number of nitrogens with one attached hydrogen (secondary N) is 2. The third kappa shape index (κ3) is 4.63. The molecule has 1 aromatic heterocycles. The Bertz CT molecular complexity index is 973. The lowest BCUT2D eigenvalue weighted by Gasteiger charge is -2.15. The molecule has 8 heteroatoms. The number of carbonyl (C=O) groups is 1. The van der Waals surface area contributed by atoms with Crippen LogP contribution in [0.5, 0.6) is 0 Å². The molecule has 0 aliphatic carbocycles. The number of aryl methyl sites for hydroxylation is 3. The molecular weight excluding hydrogens is 364 g/mol. The number of para-hydroxylation sites is 1. The van der Waals surface area contributed by atoms with E-state index in [9.17, 15) is 13.2 Å². The molecule has 144 valence electrons. The van der Waals surface area contributed by atoms with Crippen LogP contribution < -0.4 is 10.6 Å². The highest BCUT2D eigenvalue weighted by Crippen LogP contribution is 2.24. The van der Waals surface area contributed by atoms with Crippen LogP contribution in [0.4, 0.5) is 11.6 Å². The number of hydrogen-bond acceptors (Lipinski definition) is 6. The Balaban J connectivity index is 1.82. The zero-order chi connectivity index (χ0) is 19.6. The van der Waals surface area contributed by atoms with Crippen LogP contribution in [0.25, 0.3) is 0 Å². The first-order chi connectivity index (χ1) is 12.8. The van der Waals surface area contributed by atoms with Gasteiger partial charge < -0.3 is 10.6 Å². The Labute approximate surface area is 159 Å². The number of carbonyl (C=O) groups excluding carboxylic acids is 1. The van der Waals surface area contributed by atoms with E-state index in [0.717, 1.165) is 23.2 Å². The number of aromatic nitrogens is 2. The molecule has 1 fully saturated rings. The van der Waals surface area contributed by atoms with E-state index in [2.05, 4.69) is 27.5 Å². The second-order valence-electron chi connectivity index (χ2n) is 6.88. The quantitative estimate of drug-likeness (QED) is 0.815. The van der Waals surface area contributed by atoms with Gasteiger partial charge in [-0.15, -0.1) is 0 Å². The summed E-state index contributed by atoms with van der Waals surface area (Å²) in [4.78, 5) is 21.3. The number of hydrogen-bond donors (Lipinski definition) is 2. The minimum absolute atomic E-state index is 0.0169. The summed E-state index contributed by atoms with van der Waals surface area (Å²) in [6.07, 6.45) is 1.30. The van der Waals surface area contributed by atoms with Gasteiger partial charge in [0.05, 0.1) is 11.5 Å². The van der Waals surface area contributed by atoms with Gasteiger partial charge >= 0.3 is 0 Å². The number of nitrogens with zero attached hydrogens (tertiary/aromatic N) is 2. The minimum Gasteiger partial charge on any atom is -0.347 e. The van der Waals surface area contributed by atoms with Gasteiger partial charge in [-0.3, -0.25) is 4.79 Å². The van der Waals surface area contributed by atoms with Crippen LogP contribution in [0, 0.1) is 13.8 Å². The third-order valence-electron chi connectivity index (χ3n) is 4.63. The molecule has 1 aliphatic heterocycles. The Kier molecular flexibility index (Phi) is 5.46. The molecule has 2 heterocycles. The molecule has 1 aromatic carbocycles. The Morgan fingerprint density at radius 1 is 1.26 bits per heavy atom. The number of sulfone groups is 1. The molecule has 27 heavy (non-hydrogen) atoms. The van der Waals surface area contributed by atoms with Gasteiger partial charge in [0, 0.05) is 17.4 Å². The van der Waals surface area contributed by atoms with Crippen LogP contribution in [0.2, 0.25) is 0 Å². The van der Waals surface area contributed by atoms with Gasteiger partial charge in [-0.2, -0.15) is 0 Å². The van der Waals surface area contributed by atoms with E-state index in [1.807, 2.05) is 25.1 Å². The first kappa shape index (κ1) is 19.3. The maximum absolute atomic E-state index is 12.5. The van der Waals surface area contributed by atoms with E-state index in [4.69, 9.17) is 0 Å². The molecule has 0 spiro atoms. The second kappa shape index (κ2) is 7.64. The topological polar surface area (TPSA) is 101 Å². The number of amides is 1. The monoisotopic (exact) mass is 388 g/mol. The minimum atomic E-state index is -3.05. The standard InChI is InChI=1S/C19H24N4O3S/c1-4-14-7-5-6-12(2)17(14)23-19-20-13(3)10-16(22-19)18(24)21-15-8-9-27(25,26)11-15/h5-7,10,15H,4,8-9,11H2,1-3H3,(H,21,24)(H,20,22,23). The molecule has 1 saturated heterocycles. The summed E-state index contributed by atoms with van der Waals surface area (Å²) in [7, 11) is -3.05. The van der Waals surface area contributed by atoms with E-state index >= 15 is 0 Å². The molecule has 2 aromatic rings. The van der Waals surface area contributed by atoms with E-state index in [1.54, 1.807) is 13.0 Å². The summed E-state index contributed by atoms with van der Waals surface area (Å²) in [5, 5.41) is 6.00. The molecule has 1 aliphatic rings. The number of rotatable bonds is 5. The molecular formula is C19H24N4O3S. The molecule has 3 rings (SSSR count). The van der Waals surface area contributed by atoms with Gasteiger partial charge in [0.25, 0.3) is 5.91 Å². The largest absolute Gasteiger partial charge is 0.347 e. The molecule has 1 unspecified atom stereocenters. The molecule has 1 amide bonds. The van der Waals surface area contributed by atoms with Gasteiger partial charge in [0.15, 0.2) is 9.84 Å². The van der Waals surface area contributed by atoms with Crippen molar-refractivity contribution in [3.63, 3.8) is 0 Å². The van der Waals surface area contributed by atoms with Crippen molar-refractivity contribution in [2.45, 2.75) is 39.7 Å². The predicted molar refractivity (Wildman–Crippen MR) is 105 cm³/mol. The molecule has 0 saturated carbocycles. The van der Waals surface area contributed by atoms with Crippen molar-refractivity contribution in [3.05, 3.63) is 46.8 Å². The van der Waals surface area contributed by atoms with Crippen LogP contribution in [-0.2, 0) is 16.3 Å². The molecule has 7 nitrogen and oxygen atoms in total. The average Bonchev–Trinajstić information content (AvgIpc) is 2.94. The lowest BCUT2D eigenvalue weighted by atomic mass is 10.1. The maximum Gasteiger partial charge on any atom is 0.270 e. The highest BCUT2D eigenvalue weighted by molar-refractivity contribution is 7.91. The van der Waals surface area contributed by atoms with Crippen molar-refractivity contribution in [1.29, 1.82) is 0 Å². The van der Waals surface area contributed by atoms with Crippen LogP contribution >= 0.6 is 0 Å². The van der Waals surface area contributed by atoms with Crippen LogP contribution in [-0.4, -0.2) is 41.8 Å². The van der Waals surface area contributed by atoms with Crippen LogP contribution in [0.15, 0.2) is 24.3 Å². The van der Waals surface area contributed by atoms with E-state index in [1.165, 1.54) is 0 Å². The fourth-order valence-corrected chi connectivity index (χ4v) is 4.90. The summed E-state index contributed by atoms with van der Waals surface area (Å²) in [5.74, 6) is 0.0618. The lowest BCUT2D eigenvalue weighted by molar-refractivity contribution is 0.0936. The molecule has 2 N–H and O–H groups in total. The van der Waals surface area contributed by atoms with Gasteiger partial charge in [0.1, 0.15) is 5.69 Å². The fraction of sp³-hybridized carbons (Fsp3) is 0.421. The van der Waals surface area contributed by atoms with Crippen molar-refractivity contribution in [2.75, 3.05) is 16.8 Å². The van der Waals surface area contributed by atoms with Gasteiger partial charge in [-0.1, -0.05) is 25.1 Å². The van der Waals surface area contributed by atoms with Crippen LogP contribution in [0.1, 0.15) is 40.7 Å². The summed E-state index contributed by atoms with van der Waals surface area (Å²) >= 11 is 0. The normalized spacial score (nSPS) is 18.3. The van der Waals surface area contributed by atoms with Gasteiger partial charge in [0.2, 0.25) is 5.95 Å². The Morgan fingerprint density at radius 2 is 2.04 bits per heavy atom. The highest BCUT2D eigenvalue weighted by atomic mass is 32.2. The van der Waals surface area contributed by atoms with Crippen molar-refractivity contribution in [1.82, 2.24) is 15.3 Å². The van der Waals surface area contributed by atoms with Crippen molar-refractivity contribution in [2.24, 2.45) is 0 Å². The highest BCUT2D eigenvalue weighted by Gasteiger charge is 2.29. The summed E-state index contributed by atoms with van der Waals surface area (Å²) in [6, 6.07) is 7.29. The summed E-state index contributed by atoms with van der Waals surface area (Å²) in [6.45, 7) is 5.87. The smallest absolute Gasteiger partial charge is 0.270 e. The maximum atomic E-state index is 12.5. The van der Waals surface area contributed by atoms with Crippen LogP contribution in [0.3, 0.4) is 0 Å². The average molecular weight is 388 g/mol. The SMILES string of the molecule is CCc1cccc(C)c1Nc1nc(C)cc(C(=O)NC2CCS(=O)(=O)C2)n1. The van der Waals surface area contributed by atoms with Gasteiger partial charge in [-0.05, 0) is 43.9 Å². The van der Waals surface area contributed by atoms with Crippen molar-refractivity contribution < 1.29 is 13.2 Å². The van der Waals surface area contributed by atoms with E-state index in [-0.39, 0.29) is 29.1 Å². The number of anilines is 2. The first-order valence-electron chi connectivity index (χ1n) is 9.00. The summed E-state index contributed by atoms with van der Waals surface area (Å²) < 4.78 is 23.2. The zero-order valence-corrected chi connectivity index (χ0v) is 16.6. The van der Waals surface area contributed by atoms with Crippen molar-refractivity contribution in [3.8, 4) is 0 Å². The molecule has 0 bridgehead atoms. The summed E-state index contributed by atoms with van der Waals surface area (Å²) in [5.41, 5.74) is 4.03. The van der Waals surface area contributed by atoms with Gasteiger partial charge in [-0.25, -0.2) is 18.4 Å². The van der Waals surface area contributed by atoms with E-state index < -0.39 is 9.84 Å². The molecule has 0 radical (unpaired) electrons. The third-order valence-corrected chi connectivity index (χ3v) is 6.40. The first-order valence-corrected chi connectivity index (χ1v) is 10.8. The van der Waals surface area contributed by atoms with E-state index in [0.29, 0.717) is 18.1 Å². The number of benzene rings is 1. The fourth-order valence-electron chi connectivity index (χ4n) is 3.22. The Hall–Kier alpha value is -2.48. The van der Waals surface area contributed by atoms with Crippen molar-refractivity contribution >= 4 is 27.4 Å². The zero-order valence-electron chi connectivity index (χ0n) is 15.7. The predicted octanol–water partition coefficient (Wildman–Crippen LogP) is 2.32.